The van der Waals surface area contributed by atoms with Crippen molar-refractivity contribution >= 4 is 34.8 Å². The van der Waals surface area contributed by atoms with Gasteiger partial charge in [-0.15, -0.1) is 0 Å². The Morgan fingerprint density at radius 1 is 0.929 bits per heavy atom. The van der Waals surface area contributed by atoms with Gasteiger partial charge in [0, 0.05) is 129 Å². The summed E-state index contributed by atoms with van der Waals surface area (Å²) in [7, 11) is 1.54. The number of nitrogens with zero attached hydrogens (tertiary/aromatic N) is 8. The number of anilines is 4. The molecule has 5 aromatic rings. The molecular weight excluding hydrogens is 883 g/mol. The molecule has 0 bridgehead atoms. The first kappa shape index (κ1) is 47.0. The van der Waals surface area contributed by atoms with Crippen LogP contribution in [0.2, 0.25) is 0 Å². The summed E-state index contributed by atoms with van der Waals surface area (Å²) < 4.78 is 19.8. The minimum Gasteiger partial charge on any atom is -0.495 e. The van der Waals surface area contributed by atoms with Crippen LogP contribution in [0.25, 0.3) is 11.3 Å². The highest BCUT2D eigenvalue weighted by molar-refractivity contribution is 5.95. The summed E-state index contributed by atoms with van der Waals surface area (Å²) in [5.41, 5.74) is 8.00. The molecule has 4 aliphatic heterocycles. The molecule has 0 unspecified atom stereocenters. The predicted molar refractivity (Wildman–Crippen MR) is 269 cm³/mol. The number of rotatable bonds is 14. The minimum absolute atomic E-state index is 0.103. The molecule has 16 nitrogen and oxygen atoms in total. The van der Waals surface area contributed by atoms with Gasteiger partial charge >= 0.3 is 0 Å². The lowest BCUT2D eigenvalue weighted by Gasteiger charge is -2.63. The number of carbonyl (C=O) groups is 2. The molecule has 7 heterocycles. The van der Waals surface area contributed by atoms with Crippen molar-refractivity contribution in [1.82, 2.24) is 35.3 Å². The summed E-state index contributed by atoms with van der Waals surface area (Å²) in [5, 5.41) is 25.1. The average Bonchev–Trinajstić information content (AvgIpc) is 3.75. The number of aromatic nitrogens is 4. The van der Waals surface area contributed by atoms with E-state index in [0.29, 0.717) is 41.3 Å². The van der Waals surface area contributed by atoms with Crippen molar-refractivity contribution in [3.63, 3.8) is 0 Å². The molecule has 366 valence electrons. The lowest BCUT2D eigenvalue weighted by molar-refractivity contribution is -0.164. The first-order valence-corrected chi connectivity index (χ1v) is 24.9. The highest BCUT2D eigenvalue weighted by atomic mass is 16.5. The monoisotopic (exact) mass is 948 g/mol. The van der Waals surface area contributed by atoms with Gasteiger partial charge in [0.05, 0.1) is 42.8 Å². The van der Waals surface area contributed by atoms with E-state index in [0.717, 1.165) is 119 Å². The number of aryl methyl sites for hydroxylation is 1. The summed E-state index contributed by atoms with van der Waals surface area (Å²) >= 11 is 0. The minimum atomic E-state index is -0.346. The Morgan fingerprint density at radius 3 is 2.43 bits per heavy atom. The van der Waals surface area contributed by atoms with E-state index in [9.17, 15) is 14.9 Å². The standard InChI is InChI=1S/C54H65N11O5/c1-34(66)62-23-17-45-43(33-62)49(61-65(45)41-18-24-69-25-19-41)64-22-7-8-36-26-44(58-30-46(36)64)38-12-16-48(59-29-38)63-31-40(32-63)57-21-20-56-39-13-9-35(10-14-39)50(67)60-51-53(2,3)52(54(51,4)5)70-42-15-11-37(28-55)47(27-42)68-6/h9-16,26-27,29-30,40-41,51-52,56-57H,7-8,17-25,31-33H2,1-6H3,(H,60,67). The summed E-state index contributed by atoms with van der Waals surface area (Å²) in [6, 6.07) is 22.0. The molecule has 5 aliphatic rings. The fourth-order valence-electron chi connectivity index (χ4n) is 11.7. The fraction of sp³-hybridized carbons (Fsp3) is 0.481. The molecule has 2 aromatic carbocycles. The molecule has 0 radical (unpaired) electrons. The largest absolute Gasteiger partial charge is 0.495 e. The summed E-state index contributed by atoms with van der Waals surface area (Å²) in [6.07, 6.45) is 8.46. The number of amides is 2. The van der Waals surface area contributed by atoms with Crippen LogP contribution in [0, 0.1) is 22.2 Å². The summed E-state index contributed by atoms with van der Waals surface area (Å²) in [4.78, 5) is 42.4. The second kappa shape index (κ2) is 19.2. The van der Waals surface area contributed by atoms with Gasteiger partial charge in [-0.05, 0) is 85.8 Å². The lowest BCUT2D eigenvalue weighted by atomic mass is 9.49. The number of nitrogens with one attached hydrogen (secondary N) is 3. The molecule has 3 N–H and O–H groups in total. The third-order valence-corrected chi connectivity index (χ3v) is 15.3. The Labute approximate surface area is 410 Å². The van der Waals surface area contributed by atoms with E-state index >= 15 is 0 Å². The number of ether oxygens (including phenoxy) is 3. The summed E-state index contributed by atoms with van der Waals surface area (Å²) in [6.45, 7) is 17.1. The second-order valence-corrected chi connectivity index (χ2v) is 20.7. The molecule has 70 heavy (non-hydrogen) atoms. The SMILES string of the molecule is COc1cc(OC2C(C)(C)C(NC(=O)c3ccc(NCCNC4CN(c5ccc(-c6cc7c(cn6)N(c6nn(C8CCOCC8)c8c6CN(C(C)=O)CC8)CCC7)cn5)C4)cc3)C2(C)C)ccc1C#N. The molecule has 1 aliphatic carbocycles. The van der Waals surface area contributed by atoms with Crippen LogP contribution >= 0.6 is 0 Å². The number of fused-ring (bicyclic) bond motifs is 2. The van der Waals surface area contributed by atoms with E-state index in [4.69, 9.17) is 29.3 Å². The molecular formula is C54H65N11O5. The third kappa shape index (κ3) is 9.01. The van der Waals surface area contributed by atoms with Crippen molar-refractivity contribution < 1.29 is 23.8 Å². The maximum Gasteiger partial charge on any atom is 0.251 e. The Bertz CT molecular complexity index is 2760. The Kier molecular flexibility index (Phi) is 12.9. The van der Waals surface area contributed by atoms with Gasteiger partial charge in [-0.1, -0.05) is 27.7 Å². The number of pyridine rings is 2. The maximum atomic E-state index is 13.5. The molecule has 1 saturated carbocycles. The highest BCUT2D eigenvalue weighted by Crippen LogP contribution is 2.56. The first-order chi connectivity index (χ1) is 33.8. The molecule has 0 spiro atoms. The zero-order chi connectivity index (χ0) is 48.7. The number of hydrogen-bond donors (Lipinski definition) is 3. The van der Waals surface area contributed by atoms with Crippen LogP contribution in [0.3, 0.4) is 0 Å². The Balaban J connectivity index is 0.684. The molecule has 10 rings (SSSR count). The van der Waals surface area contributed by atoms with Crippen LogP contribution in [-0.4, -0.2) is 114 Å². The number of carbonyl (C=O) groups excluding carboxylic acids is 2. The van der Waals surface area contributed by atoms with Crippen LogP contribution in [0.5, 0.6) is 11.5 Å². The van der Waals surface area contributed by atoms with Gasteiger partial charge in [-0.25, -0.2) is 4.98 Å². The second-order valence-electron chi connectivity index (χ2n) is 20.7. The number of nitriles is 1. The smallest absolute Gasteiger partial charge is 0.251 e. The van der Waals surface area contributed by atoms with Crippen molar-refractivity contribution in [2.75, 3.05) is 74.7 Å². The molecule has 3 aromatic heterocycles. The van der Waals surface area contributed by atoms with E-state index in [2.05, 4.69) is 82.4 Å². The van der Waals surface area contributed by atoms with Gasteiger partial charge in [0.2, 0.25) is 5.91 Å². The third-order valence-electron chi connectivity index (χ3n) is 15.3. The maximum absolute atomic E-state index is 13.5. The van der Waals surface area contributed by atoms with Crippen LogP contribution in [0.1, 0.15) is 92.7 Å². The molecule has 16 heteroatoms. The van der Waals surface area contributed by atoms with E-state index in [1.165, 1.54) is 23.9 Å². The van der Waals surface area contributed by atoms with Gasteiger partial charge in [-0.3, -0.25) is 19.3 Å². The van der Waals surface area contributed by atoms with Gasteiger partial charge < -0.3 is 44.9 Å². The molecule has 2 saturated heterocycles. The van der Waals surface area contributed by atoms with Crippen molar-refractivity contribution in [2.24, 2.45) is 10.8 Å². The number of hydrogen-bond acceptors (Lipinski definition) is 13. The molecule has 2 amide bonds. The van der Waals surface area contributed by atoms with Crippen molar-refractivity contribution in [1.29, 1.82) is 5.26 Å². The number of benzene rings is 2. The van der Waals surface area contributed by atoms with Gasteiger partial charge in [0.15, 0.2) is 5.82 Å². The molecule has 0 atom stereocenters. The predicted octanol–water partition coefficient (Wildman–Crippen LogP) is 7.06. The Morgan fingerprint density at radius 2 is 1.71 bits per heavy atom. The Hall–Kier alpha value is -6.70. The normalized spacial score (nSPS) is 20.6. The zero-order valence-corrected chi connectivity index (χ0v) is 41.3. The van der Waals surface area contributed by atoms with E-state index in [-0.39, 0.29) is 34.8 Å². The van der Waals surface area contributed by atoms with Gasteiger partial charge in [0.1, 0.15) is 29.5 Å². The van der Waals surface area contributed by atoms with Crippen LogP contribution < -0.4 is 35.2 Å². The number of methoxy groups -OCH3 is 1. The van der Waals surface area contributed by atoms with Crippen LogP contribution in [-0.2, 0) is 28.9 Å². The summed E-state index contributed by atoms with van der Waals surface area (Å²) in [5.74, 6) is 3.01. The van der Waals surface area contributed by atoms with E-state index < -0.39 is 0 Å². The zero-order valence-electron chi connectivity index (χ0n) is 41.3. The average molecular weight is 948 g/mol. The van der Waals surface area contributed by atoms with Crippen molar-refractivity contribution in [2.45, 2.75) is 97.5 Å². The van der Waals surface area contributed by atoms with E-state index in [1.54, 1.807) is 25.1 Å². The topological polar surface area (TPSA) is 175 Å². The van der Waals surface area contributed by atoms with Crippen LogP contribution in [0.4, 0.5) is 23.0 Å². The first-order valence-electron chi connectivity index (χ1n) is 24.9. The van der Waals surface area contributed by atoms with Crippen LogP contribution in [0.15, 0.2) is 73.1 Å². The molecule has 3 fully saturated rings. The fourth-order valence-corrected chi connectivity index (χ4v) is 11.7. The van der Waals surface area contributed by atoms with Gasteiger partial charge in [0.25, 0.3) is 5.91 Å². The highest BCUT2D eigenvalue weighted by Gasteiger charge is 2.64. The van der Waals surface area contributed by atoms with Gasteiger partial charge in [-0.2, -0.15) is 10.4 Å². The lowest BCUT2D eigenvalue weighted by Crippen LogP contribution is -2.74. The quantitative estimate of drug-likeness (QED) is 0.0967. The van der Waals surface area contributed by atoms with Crippen molar-refractivity contribution in [3.8, 4) is 28.8 Å². The van der Waals surface area contributed by atoms with Crippen molar-refractivity contribution in [3.05, 3.63) is 101 Å². The van der Waals surface area contributed by atoms with E-state index in [1.807, 2.05) is 41.6 Å².